The first kappa shape index (κ1) is 51.2. The molecule has 1 amide bonds. The van der Waals surface area contributed by atoms with Gasteiger partial charge in [0.05, 0.1) is 13.2 Å². The lowest BCUT2D eigenvalue weighted by molar-refractivity contribution is -0.147. The van der Waals surface area contributed by atoms with Crippen molar-refractivity contribution in [3.63, 3.8) is 0 Å². The number of hydrogen-bond donors (Lipinski definition) is 4. The highest BCUT2D eigenvalue weighted by Gasteiger charge is 2.28. The highest BCUT2D eigenvalue weighted by molar-refractivity contribution is 7.47. The minimum absolute atomic E-state index is 0.138. The molecule has 0 aromatic heterocycles. The first-order valence-electron chi connectivity index (χ1n) is 21.2. The van der Waals surface area contributed by atoms with Gasteiger partial charge in [-0.3, -0.25) is 18.6 Å². The van der Waals surface area contributed by atoms with Crippen molar-refractivity contribution in [3.8, 4) is 0 Å². The van der Waals surface area contributed by atoms with Crippen LogP contribution >= 0.6 is 7.82 Å². The van der Waals surface area contributed by atoms with E-state index < -0.39 is 57.6 Å². The van der Waals surface area contributed by atoms with Gasteiger partial charge in [-0.05, 0) is 38.5 Å². The van der Waals surface area contributed by atoms with Crippen molar-refractivity contribution >= 4 is 25.7 Å². The van der Waals surface area contributed by atoms with Crippen LogP contribution in [0.15, 0.2) is 12.2 Å². The van der Waals surface area contributed by atoms with Crippen molar-refractivity contribution in [2.24, 2.45) is 0 Å². The third kappa shape index (κ3) is 36.9. The molecule has 0 rings (SSSR count). The summed E-state index contributed by atoms with van der Waals surface area (Å²) >= 11 is 0. The Labute approximate surface area is 322 Å². The number of phosphoric ester groups is 1. The van der Waals surface area contributed by atoms with E-state index >= 15 is 0 Å². The van der Waals surface area contributed by atoms with E-state index in [1.165, 1.54) is 103 Å². The molecule has 0 fully saturated rings. The Morgan fingerprint density at radius 3 is 1.45 bits per heavy atom. The number of amides is 1. The van der Waals surface area contributed by atoms with E-state index in [4.69, 9.17) is 13.8 Å². The second-order valence-electron chi connectivity index (χ2n) is 14.5. The Kier molecular flexibility index (Phi) is 35.9. The second kappa shape index (κ2) is 37.2. The van der Waals surface area contributed by atoms with Gasteiger partial charge in [0.15, 0.2) is 6.04 Å². The number of carboxylic acids is 1. The summed E-state index contributed by atoms with van der Waals surface area (Å²) in [4.78, 5) is 45.8. The van der Waals surface area contributed by atoms with Crippen molar-refractivity contribution < 1.29 is 47.8 Å². The van der Waals surface area contributed by atoms with Crippen LogP contribution in [0.5, 0.6) is 0 Å². The number of aliphatic carboxylic acids is 1. The Hall–Kier alpha value is -1.78. The number of aliphatic hydroxyl groups excluding tert-OH is 1. The summed E-state index contributed by atoms with van der Waals surface area (Å²) in [6, 6.07) is -1.55. The maximum Gasteiger partial charge on any atom is 0.472 e. The minimum Gasteiger partial charge on any atom is -0.480 e. The van der Waals surface area contributed by atoms with Crippen molar-refractivity contribution in [1.82, 2.24) is 5.32 Å². The van der Waals surface area contributed by atoms with Crippen LogP contribution in [0.1, 0.15) is 200 Å². The Balaban J connectivity index is 3.89. The number of phosphoric acid groups is 1. The van der Waals surface area contributed by atoms with E-state index in [2.05, 4.69) is 31.3 Å². The van der Waals surface area contributed by atoms with Crippen molar-refractivity contribution in [2.45, 2.75) is 212 Å². The molecule has 0 bridgehead atoms. The first-order valence-corrected chi connectivity index (χ1v) is 22.7. The van der Waals surface area contributed by atoms with Crippen LogP contribution in [0, 0.1) is 0 Å². The predicted octanol–water partition coefficient (Wildman–Crippen LogP) is 10.5. The molecule has 53 heavy (non-hydrogen) atoms. The van der Waals surface area contributed by atoms with E-state index in [1.807, 2.05) is 0 Å². The molecular formula is C41H78NO10P. The first-order chi connectivity index (χ1) is 25.6. The van der Waals surface area contributed by atoms with Gasteiger partial charge in [0, 0.05) is 12.8 Å². The summed E-state index contributed by atoms with van der Waals surface area (Å²) in [5.74, 6) is -2.38. The smallest absolute Gasteiger partial charge is 0.472 e. The molecular weight excluding hydrogens is 697 g/mol. The van der Waals surface area contributed by atoms with Crippen LogP contribution in [0.2, 0.25) is 0 Å². The molecule has 0 radical (unpaired) electrons. The van der Waals surface area contributed by atoms with Crippen LogP contribution < -0.4 is 5.32 Å². The summed E-state index contributed by atoms with van der Waals surface area (Å²) in [6.07, 6.45) is 35.2. The number of esters is 1. The molecule has 0 saturated carbocycles. The lowest BCUT2D eigenvalue weighted by Gasteiger charge is -2.18. The maximum atomic E-state index is 12.3. The van der Waals surface area contributed by atoms with Gasteiger partial charge in [-0.1, -0.05) is 161 Å². The van der Waals surface area contributed by atoms with E-state index in [9.17, 15) is 34.1 Å². The normalized spacial score (nSPS) is 13.9. The van der Waals surface area contributed by atoms with Crippen LogP contribution in [0.25, 0.3) is 0 Å². The fourth-order valence-corrected chi connectivity index (χ4v) is 6.73. The number of allylic oxidation sites excluding steroid dienone is 2. The number of ether oxygens (including phenoxy) is 1. The summed E-state index contributed by atoms with van der Waals surface area (Å²) in [5, 5.41) is 21.8. The van der Waals surface area contributed by atoms with Crippen LogP contribution in [0.4, 0.5) is 0 Å². The fraction of sp³-hybridized carbons (Fsp3) is 0.878. The van der Waals surface area contributed by atoms with Crippen LogP contribution in [-0.4, -0.2) is 64.9 Å². The molecule has 3 unspecified atom stereocenters. The summed E-state index contributed by atoms with van der Waals surface area (Å²) in [6.45, 7) is 2.58. The number of carboxylic acid groups (broad SMARTS) is 1. The molecule has 4 N–H and O–H groups in total. The average Bonchev–Trinajstić information content (AvgIpc) is 3.13. The molecule has 312 valence electrons. The van der Waals surface area contributed by atoms with Gasteiger partial charge in [0.1, 0.15) is 12.7 Å². The Morgan fingerprint density at radius 1 is 0.585 bits per heavy atom. The number of carbonyl (C=O) groups is 3. The number of aliphatic hydroxyl groups is 1. The molecule has 0 aromatic carbocycles. The third-order valence-corrected chi connectivity index (χ3v) is 10.3. The number of rotatable bonds is 40. The highest BCUT2D eigenvalue weighted by atomic mass is 31.2. The van der Waals surface area contributed by atoms with Gasteiger partial charge in [-0.25, -0.2) is 9.36 Å². The predicted molar refractivity (Wildman–Crippen MR) is 213 cm³/mol. The van der Waals surface area contributed by atoms with Gasteiger partial charge in [-0.15, -0.1) is 0 Å². The van der Waals surface area contributed by atoms with Gasteiger partial charge in [-0.2, -0.15) is 0 Å². The monoisotopic (exact) mass is 776 g/mol. The zero-order valence-electron chi connectivity index (χ0n) is 33.6. The van der Waals surface area contributed by atoms with Gasteiger partial charge < -0.3 is 25.2 Å². The average molecular weight is 776 g/mol. The summed E-state index contributed by atoms with van der Waals surface area (Å²) in [5.41, 5.74) is 0. The van der Waals surface area contributed by atoms with E-state index in [-0.39, 0.29) is 12.8 Å². The van der Waals surface area contributed by atoms with Crippen LogP contribution in [-0.2, 0) is 32.7 Å². The molecule has 0 aliphatic rings. The highest BCUT2D eigenvalue weighted by Crippen LogP contribution is 2.43. The molecule has 0 saturated heterocycles. The standard InChI is InChI=1S/C41H78NO10P/c1-3-5-7-9-11-13-15-17-18-19-21-23-25-27-29-31-33-40(45)50-34-37(43)35-51-53(48,49)52-36-38(41(46)47)42-39(44)32-30-28-26-24-22-20-16-14-12-10-8-6-4-2/h14,16,37-38,43H,3-13,15,17-36H2,1-2H3,(H,42,44)(H,46,47)(H,48,49)/b16-14-. The fourth-order valence-electron chi connectivity index (χ4n) is 5.96. The van der Waals surface area contributed by atoms with Gasteiger partial charge >= 0.3 is 19.8 Å². The van der Waals surface area contributed by atoms with E-state index in [0.717, 1.165) is 57.8 Å². The molecule has 12 heteroatoms. The zero-order chi connectivity index (χ0) is 39.3. The Morgan fingerprint density at radius 2 is 0.981 bits per heavy atom. The van der Waals surface area contributed by atoms with Crippen molar-refractivity contribution in [3.05, 3.63) is 12.2 Å². The minimum atomic E-state index is -4.75. The number of nitrogens with one attached hydrogen (secondary N) is 1. The Bertz CT molecular complexity index is 963. The van der Waals surface area contributed by atoms with Gasteiger partial charge in [0.25, 0.3) is 0 Å². The molecule has 0 aliphatic carbocycles. The number of carbonyl (C=O) groups excluding carboxylic acids is 2. The van der Waals surface area contributed by atoms with Crippen molar-refractivity contribution in [2.75, 3.05) is 19.8 Å². The maximum absolute atomic E-state index is 12.3. The zero-order valence-corrected chi connectivity index (χ0v) is 34.5. The summed E-state index contributed by atoms with van der Waals surface area (Å²) in [7, 11) is -4.75. The molecule has 0 spiro atoms. The summed E-state index contributed by atoms with van der Waals surface area (Å²) < 4.78 is 26.8. The molecule has 11 nitrogen and oxygen atoms in total. The number of hydrogen-bond acceptors (Lipinski definition) is 8. The molecule has 0 heterocycles. The topological polar surface area (TPSA) is 169 Å². The molecule has 0 aliphatic heterocycles. The van der Waals surface area contributed by atoms with Gasteiger partial charge in [0.2, 0.25) is 5.91 Å². The van der Waals surface area contributed by atoms with Crippen LogP contribution in [0.3, 0.4) is 0 Å². The largest absolute Gasteiger partial charge is 0.480 e. The third-order valence-electron chi connectivity index (χ3n) is 9.30. The lowest BCUT2D eigenvalue weighted by atomic mass is 10.0. The van der Waals surface area contributed by atoms with Crippen molar-refractivity contribution in [1.29, 1.82) is 0 Å². The second-order valence-corrected chi connectivity index (χ2v) is 16.0. The lowest BCUT2D eigenvalue weighted by Crippen LogP contribution is -2.43. The SMILES string of the molecule is CCCCCC/C=C\CCCCCCCC(=O)NC(COP(=O)(O)OCC(O)COC(=O)CCCCCCCCCCCCCCCCCC)C(=O)O. The molecule has 3 atom stereocenters. The molecule has 0 aromatic rings. The number of unbranched alkanes of at least 4 members (excludes halogenated alkanes) is 24. The van der Waals surface area contributed by atoms with E-state index in [0.29, 0.717) is 12.8 Å². The quantitative estimate of drug-likeness (QED) is 0.0203. The van der Waals surface area contributed by atoms with E-state index in [1.54, 1.807) is 0 Å².